The molecule has 0 aliphatic carbocycles. The summed E-state index contributed by atoms with van der Waals surface area (Å²) in [7, 11) is 3.44. The van der Waals surface area contributed by atoms with Gasteiger partial charge < -0.3 is 24.1 Å². The highest BCUT2D eigenvalue weighted by Gasteiger charge is 2.49. The van der Waals surface area contributed by atoms with Crippen LogP contribution in [-0.4, -0.2) is 79.8 Å². The van der Waals surface area contributed by atoms with Crippen LogP contribution < -0.4 is 0 Å². The van der Waals surface area contributed by atoms with Gasteiger partial charge in [-0.1, -0.05) is 27.7 Å². The van der Waals surface area contributed by atoms with E-state index in [4.69, 9.17) is 18.9 Å². The van der Waals surface area contributed by atoms with Crippen LogP contribution in [0.1, 0.15) is 40.5 Å². The summed E-state index contributed by atoms with van der Waals surface area (Å²) in [6.07, 6.45) is -4.35. The van der Waals surface area contributed by atoms with Gasteiger partial charge in [0, 0.05) is 12.8 Å². The van der Waals surface area contributed by atoms with Gasteiger partial charge in [0.1, 0.15) is 12.7 Å². The number of hydrogen-bond acceptors (Lipinski definition) is 9. The molecule has 1 aliphatic rings. The Bertz CT molecular complexity index is 534. The lowest BCUT2D eigenvalue weighted by Gasteiger charge is -2.24. The van der Waals surface area contributed by atoms with Gasteiger partial charge in [0.15, 0.2) is 18.5 Å². The molecule has 1 heterocycles. The normalized spacial score (nSPS) is 24.6. The van der Waals surface area contributed by atoms with E-state index in [-0.39, 0.29) is 37.8 Å². The highest BCUT2D eigenvalue weighted by molar-refractivity contribution is 5.72. The van der Waals surface area contributed by atoms with Crippen molar-refractivity contribution in [2.75, 3.05) is 27.2 Å². The summed E-state index contributed by atoms with van der Waals surface area (Å²) in [5.74, 6) is -1.39. The molecule has 0 spiro atoms. The Hall–Kier alpha value is -1.71. The Labute approximate surface area is 166 Å². The molecular weight excluding hydrogens is 370 g/mol. The Morgan fingerprint density at radius 1 is 0.929 bits per heavy atom. The van der Waals surface area contributed by atoms with E-state index in [0.717, 1.165) is 0 Å². The Morgan fingerprint density at radius 3 is 1.89 bits per heavy atom. The van der Waals surface area contributed by atoms with E-state index < -0.39 is 42.5 Å². The van der Waals surface area contributed by atoms with Gasteiger partial charge in [-0.25, -0.2) is 0 Å². The lowest BCUT2D eigenvalue weighted by Crippen LogP contribution is -2.42. The first-order valence-corrected chi connectivity index (χ1v) is 9.52. The summed E-state index contributed by atoms with van der Waals surface area (Å²) in [5.41, 5.74) is 0. The molecule has 1 N–H and O–H groups in total. The minimum absolute atomic E-state index is 0.0664. The molecule has 0 bridgehead atoms. The van der Waals surface area contributed by atoms with Gasteiger partial charge in [-0.15, -0.1) is 0 Å². The summed E-state index contributed by atoms with van der Waals surface area (Å²) in [6, 6.07) is 0. The third-order valence-electron chi connectivity index (χ3n) is 3.82. The molecule has 1 rings (SSSR count). The minimum Gasteiger partial charge on any atom is -0.462 e. The molecule has 9 nitrogen and oxygen atoms in total. The SMILES string of the molecule is CC(C)CC(=O)O[C@@H]1[C@H](OC(=O)CC(C)C)[C@@H](COC(=O)CN(C)C)O[C@H]1O. The van der Waals surface area contributed by atoms with Gasteiger partial charge in [0.2, 0.25) is 0 Å². The van der Waals surface area contributed by atoms with E-state index in [1.54, 1.807) is 19.0 Å². The van der Waals surface area contributed by atoms with Crippen LogP contribution in [0.2, 0.25) is 0 Å². The number of hydrogen-bond donors (Lipinski definition) is 1. The minimum atomic E-state index is -1.48. The number of aliphatic hydroxyl groups is 1. The molecule has 162 valence electrons. The van der Waals surface area contributed by atoms with E-state index in [2.05, 4.69) is 0 Å². The molecule has 1 fully saturated rings. The maximum Gasteiger partial charge on any atom is 0.320 e. The fourth-order valence-corrected chi connectivity index (χ4v) is 2.66. The van der Waals surface area contributed by atoms with E-state index in [9.17, 15) is 19.5 Å². The van der Waals surface area contributed by atoms with Crippen molar-refractivity contribution in [3.05, 3.63) is 0 Å². The Kier molecular flexibility index (Phi) is 9.84. The first-order chi connectivity index (χ1) is 13.0. The van der Waals surface area contributed by atoms with E-state index >= 15 is 0 Å². The zero-order valence-electron chi connectivity index (χ0n) is 17.5. The highest BCUT2D eigenvalue weighted by Crippen LogP contribution is 2.27. The number of carbonyl (C=O) groups is 3. The van der Waals surface area contributed by atoms with Gasteiger partial charge in [0.05, 0.1) is 6.54 Å². The fraction of sp³-hybridized carbons (Fsp3) is 0.842. The van der Waals surface area contributed by atoms with Crippen LogP contribution in [0.25, 0.3) is 0 Å². The second kappa shape index (κ2) is 11.3. The average molecular weight is 403 g/mol. The van der Waals surface area contributed by atoms with Crippen molar-refractivity contribution in [2.45, 2.75) is 65.1 Å². The summed E-state index contributed by atoms with van der Waals surface area (Å²) < 4.78 is 21.3. The maximum absolute atomic E-state index is 12.1. The Morgan fingerprint density at radius 2 is 1.43 bits per heavy atom. The molecule has 0 amide bonds. The summed E-state index contributed by atoms with van der Waals surface area (Å²) in [5, 5.41) is 10.2. The van der Waals surface area contributed by atoms with Gasteiger partial charge in [0.25, 0.3) is 0 Å². The van der Waals surface area contributed by atoms with Crippen LogP contribution in [0.4, 0.5) is 0 Å². The lowest BCUT2D eigenvalue weighted by atomic mass is 10.1. The molecular formula is C19H33NO8. The van der Waals surface area contributed by atoms with Crippen molar-refractivity contribution in [1.29, 1.82) is 0 Å². The predicted octanol–water partition coefficient (Wildman–Crippen LogP) is 0.724. The highest BCUT2D eigenvalue weighted by atomic mass is 16.7. The van der Waals surface area contributed by atoms with Crippen LogP contribution in [0.5, 0.6) is 0 Å². The second-order valence-corrected chi connectivity index (χ2v) is 8.09. The molecule has 0 aromatic heterocycles. The van der Waals surface area contributed by atoms with Crippen LogP contribution in [-0.2, 0) is 33.3 Å². The second-order valence-electron chi connectivity index (χ2n) is 8.09. The first-order valence-electron chi connectivity index (χ1n) is 9.52. The third-order valence-corrected chi connectivity index (χ3v) is 3.82. The van der Waals surface area contributed by atoms with E-state index in [1.807, 2.05) is 27.7 Å². The summed E-state index contributed by atoms with van der Waals surface area (Å²) in [6.45, 7) is 7.28. The quantitative estimate of drug-likeness (QED) is 0.416. The van der Waals surface area contributed by atoms with Crippen molar-refractivity contribution >= 4 is 17.9 Å². The monoisotopic (exact) mass is 403 g/mol. The molecule has 28 heavy (non-hydrogen) atoms. The summed E-state index contributed by atoms with van der Waals surface area (Å²) in [4.78, 5) is 37.6. The number of aliphatic hydroxyl groups excluding tert-OH is 1. The van der Waals surface area contributed by atoms with Crippen molar-refractivity contribution < 1.29 is 38.4 Å². The number of carbonyl (C=O) groups excluding carboxylic acids is 3. The van der Waals surface area contributed by atoms with E-state index in [0.29, 0.717) is 0 Å². The zero-order chi connectivity index (χ0) is 21.4. The average Bonchev–Trinajstić information content (AvgIpc) is 2.79. The van der Waals surface area contributed by atoms with Crippen molar-refractivity contribution in [3.8, 4) is 0 Å². The molecule has 1 aliphatic heterocycles. The van der Waals surface area contributed by atoms with Crippen molar-refractivity contribution in [2.24, 2.45) is 11.8 Å². The largest absolute Gasteiger partial charge is 0.462 e. The zero-order valence-corrected chi connectivity index (χ0v) is 17.5. The van der Waals surface area contributed by atoms with Gasteiger partial charge in [-0.3, -0.25) is 19.3 Å². The number of rotatable bonds is 10. The molecule has 1 saturated heterocycles. The molecule has 9 heteroatoms. The van der Waals surface area contributed by atoms with Crippen LogP contribution in [0.3, 0.4) is 0 Å². The van der Waals surface area contributed by atoms with E-state index in [1.165, 1.54) is 0 Å². The van der Waals surface area contributed by atoms with Gasteiger partial charge in [-0.2, -0.15) is 0 Å². The fourth-order valence-electron chi connectivity index (χ4n) is 2.66. The van der Waals surface area contributed by atoms with Crippen molar-refractivity contribution in [3.63, 3.8) is 0 Å². The number of esters is 3. The van der Waals surface area contributed by atoms with Crippen LogP contribution >= 0.6 is 0 Å². The molecule has 0 aromatic rings. The van der Waals surface area contributed by atoms with Crippen LogP contribution in [0, 0.1) is 11.8 Å². The smallest absolute Gasteiger partial charge is 0.320 e. The lowest BCUT2D eigenvalue weighted by molar-refractivity contribution is -0.178. The maximum atomic E-state index is 12.1. The molecule has 0 saturated carbocycles. The Balaban J connectivity index is 2.83. The first kappa shape index (κ1) is 24.3. The number of ether oxygens (including phenoxy) is 4. The molecule has 0 unspecified atom stereocenters. The predicted molar refractivity (Wildman–Crippen MR) is 99.1 cm³/mol. The molecule has 4 atom stereocenters. The molecule has 0 radical (unpaired) electrons. The molecule has 0 aromatic carbocycles. The van der Waals surface area contributed by atoms with Gasteiger partial charge >= 0.3 is 17.9 Å². The topological polar surface area (TPSA) is 112 Å². The number of likely N-dealkylation sites (N-methyl/N-ethyl adjacent to an activating group) is 1. The number of nitrogens with zero attached hydrogens (tertiary/aromatic N) is 1. The van der Waals surface area contributed by atoms with Crippen molar-refractivity contribution in [1.82, 2.24) is 4.90 Å². The van der Waals surface area contributed by atoms with Crippen LogP contribution in [0.15, 0.2) is 0 Å². The third kappa shape index (κ3) is 8.53. The standard InChI is InChI=1S/C19H33NO8/c1-11(2)7-14(21)27-17-13(10-25-16(23)9-20(5)6)26-19(24)18(17)28-15(22)8-12(3)4/h11-13,17-19,24H,7-10H2,1-6H3/t13-,17-,18-,19-/m1/s1. The summed E-state index contributed by atoms with van der Waals surface area (Å²) >= 11 is 0. The van der Waals surface area contributed by atoms with Gasteiger partial charge in [-0.05, 0) is 25.9 Å².